The number of halogens is 1. The third kappa shape index (κ3) is 2.18. The molecule has 2 heteroatoms. The quantitative estimate of drug-likeness (QED) is 0.658. The smallest absolute Gasteiger partial charge is 0.184 e. The fourth-order valence-corrected chi connectivity index (χ4v) is 1.76. The van der Waals surface area contributed by atoms with Gasteiger partial charge in [0.25, 0.3) is 0 Å². The van der Waals surface area contributed by atoms with Crippen LogP contribution in [0.15, 0.2) is 42.0 Å². The molecule has 0 aliphatic heterocycles. The molecule has 1 fully saturated rings. The van der Waals surface area contributed by atoms with E-state index in [9.17, 15) is 4.79 Å². The fourth-order valence-electron chi connectivity index (χ4n) is 1.64. The van der Waals surface area contributed by atoms with E-state index in [4.69, 9.17) is 11.6 Å². The van der Waals surface area contributed by atoms with Gasteiger partial charge in [-0.1, -0.05) is 30.3 Å². The zero-order valence-electron chi connectivity index (χ0n) is 8.29. The van der Waals surface area contributed by atoms with Crippen molar-refractivity contribution in [3.63, 3.8) is 0 Å². The molecule has 1 aliphatic rings. The SMILES string of the molecule is C=C1CCC(=Cc2ccc(Cl)cc2)C1=O. The van der Waals surface area contributed by atoms with Gasteiger partial charge in [0.05, 0.1) is 0 Å². The number of rotatable bonds is 1. The van der Waals surface area contributed by atoms with Crippen molar-refractivity contribution in [3.05, 3.63) is 52.6 Å². The van der Waals surface area contributed by atoms with Gasteiger partial charge in [-0.3, -0.25) is 4.79 Å². The standard InChI is InChI=1S/C13H11ClO/c1-9-2-5-11(13(9)15)8-10-3-6-12(14)7-4-10/h3-4,6-8H,1-2,5H2. The second-order valence-corrected chi connectivity index (χ2v) is 4.09. The van der Waals surface area contributed by atoms with Crippen molar-refractivity contribution in [1.82, 2.24) is 0 Å². The Kier molecular flexibility index (Phi) is 2.74. The van der Waals surface area contributed by atoms with E-state index in [1.807, 2.05) is 30.3 Å². The molecule has 0 radical (unpaired) electrons. The summed E-state index contributed by atoms with van der Waals surface area (Å²) in [6.07, 6.45) is 3.51. The summed E-state index contributed by atoms with van der Waals surface area (Å²) in [7, 11) is 0. The number of ketones is 1. The molecule has 0 unspecified atom stereocenters. The average molecular weight is 219 g/mol. The average Bonchev–Trinajstić information content (AvgIpc) is 2.53. The van der Waals surface area contributed by atoms with Crippen molar-refractivity contribution < 1.29 is 4.79 Å². The molecule has 0 heterocycles. The highest BCUT2D eigenvalue weighted by Crippen LogP contribution is 2.26. The molecule has 0 spiro atoms. The van der Waals surface area contributed by atoms with Crippen molar-refractivity contribution in [1.29, 1.82) is 0 Å². The second kappa shape index (κ2) is 4.03. The van der Waals surface area contributed by atoms with E-state index in [-0.39, 0.29) is 5.78 Å². The van der Waals surface area contributed by atoms with E-state index in [1.165, 1.54) is 0 Å². The van der Waals surface area contributed by atoms with Gasteiger partial charge < -0.3 is 0 Å². The van der Waals surface area contributed by atoms with Crippen LogP contribution in [0.5, 0.6) is 0 Å². The van der Waals surface area contributed by atoms with Crippen LogP contribution in [-0.2, 0) is 4.79 Å². The molecule has 2 rings (SSSR count). The molecule has 0 bridgehead atoms. The van der Waals surface area contributed by atoms with Gasteiger partial charge in [0, 0.05) is 10.6 Å². The topological polar surface area (TPSA) is 17.1 Å². The normalized spacial score (nSPS) is 18.9. The van der Waals surface area contributed by atoms with E-state index in [0.717, 1.165) is 29.6 Å². The first-order chi connectivity index (χ1) is 7.16. The van der Waals surface area contributed by atoms with Crippen molar-refractivity contribution in [2.75, 3.05) is 0 Å². The minimum atomic E-state index is 0.102. The molecule has 1 aromatic carbocycles. The summed E-state index contributed by atoms with van der Waals surface area (Å²) in [5.41, 5.74) is 2.58. The maximum Gasteiger partial charge on any atom is 0.184 e. The number of carbonyl (C=O) groups is 1. The van der Waals surface area contributed by atoms with Gasteiger partial charge in [0.2, 0.25) is 0 Å². The molecular formula is C13H11ClO. The zero-order chi connectivity index (χ0) is 10.8. The molecular weight excluding hydrogens is 208 g/mol. The molecule has 0 aromatic heterocycles. The van der Waals surface area contributed by atoms with E-state index >= 15 is 0 Å². The monoisotopic (exact) mass is 218 g/mol. The van der Waals surface area contributed by atoms with E-state index in [2.05, 4.69) is 6.58 Å². The highest BCUT2D eigenvalue weighted by Gasteiger charge is 2.20. The van der Waals surface area contributed by atoms with Crippen LogP contribution >= 0.6 is 11.6 Å². The van der Waals surface area contributed by atoms with Gasteiger partial charge >= 0.3 is 0 Å². The Morgan fingerprint density at radius 2 is 1.87 bits per heavy atom. The van der Waals surface area contributed by atoms with Crippen molar-refractivity contribution >= 4 is 23.5 Å². The Hall–Kier alpha value is -1.34. The first-order valence-electron chi connectivity index (χ1n) is 4.85. The Balaban J connectivity index is 2.27. The molecule has 1 aromatic rings. The molecule has 0 saturated heterocycles. The Morgan fingerprint density at radius 3 is 2.40 bits per heavy atom. The summed E-state index contributed by atoms with van der Waals surface area (Å²) in [6.45, 7) is 3.73. The number of allylic oxidation sites excluding steroid dienone is 2. The van der Waals surface area contributed by atoms with E-state index in [0.29, 0.717) is 5.02 Å². The van der Waals surface area contributed by atoms with Gasteiger partial charge in [-0.05, 0) is 42.2 Å². The number of hydrogen-bond donors (Lipinski definition) is 0. The van der Waals surface area contributed by atoms with Gasteiger partial charge in [0.15, 0.2) is 5.78 Å². The number of benzene rings is 1. The molecule has 0 N–H and O–H groups in total. The predicted octanol–water partition coefficient (Wildman–Crippen LogP) is 3.64. The molecule has 1 aliphatic carbocycles. The third-order valence-electron chi connectivity index (χ3n) is 2.52. The lowest BCUT2D eigenvalue weighted by Gasteiger charge is -1.96. The molecule has 1 nitrogen and oxygen atoms in total. The lowest BCUT2D eigenvalue weighted by Crippen LogP contribution is -1.93. The Labute approximate surface area is 94.1 Å². The first kappa shape index (κ1) is 10.2. The van der Waals surface area contributed by atoms with Crippen LogP contribution in [0.3, 0.4) is 0 Å². The molecule has 15 heavy (non-hydrogen) atoms. The van der Waals surface area contributed by atoms with Crippen LogP contribution in [0.1, 0.15) is 18.4 Å². The minimum absolute atomic E-state index is 0.102. The lowest BCUT2D eigenvalue weighted by atomic mass is 10.1. The summed E-state index contributed by atoms with van der Waals surface area (Å²) in [4.78, 5) is 11.6. The fraction of sp³-hybridized carbons (Fsp3) is 0.154. The summed E-state index contributed by atoms with van der Waals surface area (Å²) >= 11 is 5.78. The van der Waals surface area contributed by atoms with Crippen molar-refractivity contribution in [2.45, 2.75) is 12.8 Å². The van der Waals surface area contributed by atoms with Gasteiger partial charge in [0.1, 0.15) is 0 Å². The molecule has 0 atom stereocenters. The first-order valence-corrected chi connectivity index (χ1v) is 5.23. The molecule has 0 amide bonds. The van der Waals surface area contributed by atoms with Crippen LogP contribution in [0.4, 0.5) is 0 Å². The number of carbonyl (C=O) groups excluding carboxylic acids is 1. The Morgan fingerprint density at radius 1 is 1.20 bits per heavy atom. The summed E-state index contributed by atoms with van der Waals surface area (Å²) in [6, 6.07) is 7.46. The summed E-state index contributed by atoms with van der Waals surface area (Å²) < 4.78 is 0. The van der Waals surface area contributed by atoms with Crippen molar-refractivity contribution in [2.24, 2.45) is 0 Å². The van der Waals surface area contributed by atoms with Gasteiger partial charge in [-0.25, -0.2) is 0 Å². The third-order valence-corrected chi connectivity index (χ3v) is 2.77. The summed E-state index contributed by atoms with van der Waals surface area (Å²) in [5, 5.41) is 0.708. The molecule has 76 valence electrons. The summed E-state index contributed by atoms with van der Waals surface area (Å²) in [5.74, 6) is 0.102. The van der Waals surface area contributed by atoms with Crippen LogP contribution in [0.2, 0.25) is 5.02 Å². The minimum Gasteiger partial charge on any atom is -0.289 e. The lowest BCUT2D eigenvalue weighted by molar-refractivity contribution is -0.111. The largest absolute Gasteiger partial charge is 0.289 e. The zero-order valence-corrected chi connectivity index (χ0v) is 9.05. The van der Waals surface area contributed by atoms with Crippen molar-refractivity contribution in [3.8, 4) is 0 Å². The number of Topliss-reactive ketones (excluding diaryl/α,β-unsaturated/α-hetero) is 1. The highest BCUT2D eigenvalue weighted by atomic mass is 35.5. The Bertz CT molecular complexity index is 440. The maximum atomic E-state index is 11.6. The van der Waals surface area contributed by atoms with E-state index in [1.54, 1.807) is 0 Å². The van der Waals surface area contributed by atoms with Gasteiger partial charge in [-0.2, -0.15) is 0 Å². The van der Waals surface area contributed by atoms with Crippen LogP contribution in [0, 0.1) is 0 Å². The second-order valence-electron chi connectivity index (χ2n) is 3.65. The van der Waals surface area contributed by atoms with Crippen LogP contribution in [-0.4, -0.2) is 5.78 Å². The number of hydrogen-bond acceptors (Lipinski definition) is 1. The molecule has 1 saturated carbocycles. The van der Waals surface area contributed by atoms with Crippen LogP contribution in [0.25, 0.3) is 6.08 Å². The van der Waals surface area contributed by atoms with E-state index < -0.39 is 0 Å². The maximum absolute atomic E-state index is 11.6. The predicted molar refractivity (Wildman–Crippen MR) is 62.8 cm³/mol. The highest BCUT2D eigenvalue weighted by molar-refractivity contribution is 6.30. The van der Waals surface area contributed by atoms with Gasteiger partial charge in [-0.15, -0.1) is 0 Å². The van der Waals surface area contributed by atoms with Crippen LogP contribution < -0.4 is 0 Å².